The van der Waals surface area contributed by atoms with Gasteiger partial charge in [-0.25, -0.2) is 19.7 Å². The van der Waals surface area contributed by atoms with Crippen LogP contribution in [0.2, 0.25) is 0 Å². The van der Waals surface area contributed by atoms with Gasteiger partial charge in [0, 0.05) is 31.6 Å². The van der Waals surface area contributed by atoms with Crippen LogP contribution in [-0.2, 0) is 13.0 Å². The number of imidazole rings is 1. The van der Waals surface area contributed by atoms with Crippen LogP contribution in [0.5, 0.6) is 0 Å². The van der Waals surface area contributed by atoms with E-state index in [2.05, 4.69) is 15.0 Å². The molecule has 0 spiro atoms. The molecule has 0 fully saturated rings. The summed E-state index contributed by atoms with van der Waals surface area (Å²) in [7, 11) is 0. The second-order valence-electron chi connectivity index (χ2n) is 3.21. The van der Waals surface area contributed by atoms with Gasteiger partial charge >= 0.3 is 5.97 Å². The first-order valence-corrected chi connectivity index (χ1v) is 4.76. The second kappa shape index (κ2) is 4.52. The minimum absolute atomic E-state index is 0.0237. The minimum Gasteiger partial charge on any atom is -0.477 e. The van der Waals surface area contributed by atoms with Gasteiger partial charge in [-0.1, -0.05) is 0 Å². The van der Waals surface area contributed by atoms with Crippen LogP contribution in [0.25, 0.3) is 0 Å². The van der Waals surface area contributed by atoms with Gasteiger partial charge in [0.1, 0.15) is 5.82 Å². The summed E-state index contributed by atoms with van der Waals surface area (Å²) in [6.45, 7) is 0.684. The van der Waals surface area contributed by atoms with E-state index in [0.717, 1.165) is 0 Å². The molecular formula is C10H10N4O2. The molecule has 2 rings (SSSR count). The van der Waals surface area contributed by atoms with Gasteiger partial charge < -0.3 is 9.67 Å². The van der Waals surface area contributed by atoms with Crippen LogP contribution in [0.3, 0.4) is 0 Å². The third kappa shape index (κ3) is 2.41. The molecule has 6 heteroatoms. The maximum atomic E-state index is 10.7. The predicted octanol–water partition coefficient (Wildman–Crippen LogP) is 0.614. The standard InChI is InChI=1S/C10H10N4O2/c15-10(16)8-1-3-12-9(13-8)2-5-14-6-4-11-7-14/h1,3-4,6-7H,2,5H2,(H,15,16). The van der Waals surface area contributed by atoms with Crippen molar-refractivity contribution in [3.05, 3.63) is 42.5 Å². The van der Waals surface area contributed by atoms with E-state index in [0.29, 0.717) is 18.8 Å². The highest BCUT2D eigenvalue weighted by Gasteiger charge is 2.05. The first kappa shape index (κ1) is 10.3. The van der Waals surface area contributed by atoms with Crippen molar-refractivity contribution in [1.82, 2.24) is 19.5 Å². The zero-order chi connectivity index (χ0) is 11.4. The Morgan fingerprint density at radius 2 is 2.31 bits per heavy atom. The molecule has 0 unspecified atom stereocenters. The number of carboxylic acid groups (broad SMARTS) is 1. The number of hydrogen-bond donors (Lipinski definition) is 1. The number of rotatable bonds is 4. The normalized spacial score (nSPS) is 10.2. The molecular weight excluding hydrogens is 208 g/mol. The monoisotopic (exact) mass is 218 g/mol. The molecule has 82 valence electrons. The topological polar surface area (TPSA) is 80.9 Å². The Morgan fingerprint density at radius 3 is 3.00 bits per heavy atom. The van der Waals surface area contributed by atoms with E-state index in [9.17, 15) is 4.79 Å². The summed E-state index contributed by atoms with van der Waals surface area (Å²) in [4.78, 5) is 22.5. The van der Waals surface area contributed by atoms with Crippen molar-refractivity contribution in [1.29, 1.82) is 0 Å². The highest BCUT2D eigenvalue weighted by Crippen LogP contribution is 1.98. The summed E-state index contributed by atoms with van der Waals surface area (Å²) in [5.74, 6) is -0.514. The fourth-order valence-electron chi connectivity index (χ4n) is 1.29. The third-order valence-corrected chi connectivity index (χ3v) is 2.08. The Hall–Kier alpha value is -2.24. The fraction of sp³-hybridized carbons (Fsp3) is 0.200. The summed E-state index contributed by atoms with van der Waals surface area (Å²) in [5, 5.41) is 8.76. The number of aromatic nitrogens is 4. The third-order valence-electron chi connectivity index (χ3n) is 2.08. The molecule has 16 heavy (non-hydrogen) atoms. The second-order valence-corrected chi connectivity index (χ2v) is 3.21. The van der Waals surface area contributed by atoms with Gasteiger partial charge in [-0.3, -0.25) is 0 Å². The Kier molecular flexibility index (Phi) is 2.90. The smallest absolute Gasteiger partial charge is 0.354 e. The fourth-order valence-corrected chi connectivity index (χ4v) is 1.29. The van der Waals surface area contributed by atoms with Gasteiger partial charge in [0.25, 0.3) is 0 Å². The summed E-state index contributed by atoms with van der Waals surface area (Å²) in [6.07, 6.45) is 7.26. The lowest BCUT2D eigenvalue weighted by molar-refractivity contribution is 0.0690. The van der Waals surface area contributed by atoms with Crippen LogP contribution in [0.4, 0.5) is 0 Å². The van der Waals surface area contributed by atoms with Crippen LogP contribution in [0, 0.1) is 0 Å². The lowest BCUT2D eigenvalue weighted by atomic mass is 10.3. The van der Waals surface area contributed by atoms with Gasteiger partial charge in [-0.05, 0) is 6.07 Å². The molecule has 2 heterocycles. The lowest BCUT2D eigenvalue weighted by Gasteiger charge is -2.01. The molecule has 0 amide bonds. The Balaban J connectivity index is 2.04. The minimum atomic E-state index is -1.04. The van der Waals surface area contributed by atoms with Crippen LogP contribution < -0.4 is 0 Å². The zero-order valence-electron chi connectivity index (χ0n) is 8.45. The summed E-state index contributed by atoms with van der Waals surface area (Å²) < 4.78 is 1.89. The average Bonchev–Trinajstić information content (AvgIpc) is 2.79. The summed E-state index contributed by atoms with van der Waals surface area (Å²) >= 11 is 0. The summed E-state index contributed by atoms with van der Waals surface area (Å²) in [6, 6.07) is 1.38. The number of nitrogens with zero attached hydrogens (tertiary/aromatic N) is 4. The SMILES string of the molecule is O=C(O)c1ccnc(CCn2ccnc2)n1. The van der Waals surface area contributed by atoms with Gasteiger partial charge in [-0.15, -0.1) is 0 Å². The van der Waals surface area contributed by atoms with Crippen molar-refractivity contribution in [2.75, 3.05) is 0 Å². The Labute approximate surface area is 91.6 Å². The number of aryl methyl sites for hydroxylation is 2. The number of aromatic carboxylic acids is 1. The van der Waals surface area contributed by atoms with Crippen LogP contribution in [-0.4, -0.2) is 30.6 Å². The predicted molar refractivity (Wildman–Crippen MR) is 54.9 cm³/mol. The van der Waals surface area contributed by atoms with E-state index in [4.69, 9.17) is 5.11 Å². The lowest BCUT2D eigenvalue weighted by Crippen LogP contribution is -2.07. The highest BCUT2D eigenvalue weighted by molar-refractivity contribution is 5.85. The van der Waals surface area contributed by atoms with E-state index >= 15 is 0 Å². The molecule has 2 aromatic heterocycles. The molecule has 0 saturated carbocycles. The van der Waals surface area contributed by atoms with Crippen LogP contribution in [0.15, 0.2) is 31.0 Å². The van der Waals surface area contributed by atoms with E-state index in [1.54, 1.807) is 12.5 Å². The molecule has 0 aliphatic heterocycles. The Morgan fingerprint density at radius 1 is 1.44 bits per heavy atom. The van der Waals surface area contributed by atoms with Crippen LogP contribution >= 0.6 is 0 Å². The molecule has 0 radical (unpaired) electrons. The zero-order valence-corrected chi connectivity index (χ0v) is 8.45. The van der Waals surface area contributed by atoms with E-state index in [-0.39, 0.29) is 5.69 Å². The quantitative estimate of drug-likeness (QED) is 0.813. The molecule has 6 nitrogen and oxygen atoms in total. The van der Waals surface area contributed by atoms with Crippen molar-refractivity contribution < 1.29 is 9.90 Å². The first-order valence-electron chi connectivity index (χ1n) is 4.76. The molecule has 2 aromatic rings. The average molecular weight is 218 g/mol. The maximum Gasteiger partial charge on any atom is 0.354 e. The van der Waals surface area contributed by atoms with Gasteiger partial charge in [-0.2, -0.15) is 0 Å². The number of carboxylic acids is 1. The molecule has 0 aromatic carbocycles. The number of hydrogen-bond acceptors (Lipinski definition) is 4. The van der Waals surface area contributed by atoms with Crippen molar-refractivity contribution in [3.8, 4) is 0 Å². The Bertz CT molecular complexity index is 481. The van der Waals surface area contributed by atoms with E-state index in [1.807, 2.05) is 10.8 Å². The van der Waals surface area contributed by atoms with Gasteiger partial charge in [0.15, 0.2) is 5.69 Å². The van der Waals surface area contributed by atoms with Crippen molar-refractivity contribution in [2.45, 2.75) is 13.0 Å². The molecule has 0 saturated heterocycles. The first-order chi connectivity index (χ1) is 7.75. The van der Waals surface area contributed by atoms with E-state index in [1.165, 1.54) is 12.3 Å². The largest absolute Gasteiger partial charge is 0.477 e. The van der Waals surface area contributed by atoms with Crippen LogP contribution in [0.1, 0.15) is 16.3 Å². The van der Waals surface area contributed by atoms with Crippen molar-refractivity contribution in [2.24, 2.45) is 0 Å². The molecule has 0 bridgehead atoms. The van der Waals surface area contributed by atoms with Crippen molar-refractivity contribution in [3.63, 3.8) is 0 Å². The number of carbonyl (C=O) groups is 1. The molecule has 1 N–H and O–H groups in total. The summed E-state index contributed by atoms with van der Waals surface area (Å²) in [5.41, 5.74) is 0.0237. The molecule has 0 atom stereocenters. The highest BCUT2D eigenvalue weighted by atomic mass is 16.4. The van der Waals surface area contributed by atoms with E-state index < -0.39 is 5.97 Å². The van der Waals surface area contributed by atoms with Crippen molar-refractivity contribution >= 4 is 5.97 Å². The molecule has 0 aliphatic carbocycles. The maximum absolute atomic E-state index is 10.7. The van der Waals surface area contributed by atoms with Gasteiger partial charge in [0.2, 0.25) is 0 Å². The molecule has 0 aliphatic rings. The van der Waals surface area contributed by atoms with Gasteiger partial charge in [0.05, 0.1) is 6.33 Å².